The van der Waals surface area contributed by atoms with Crippen LogP contribution in [-0.4, -0.2) is 25.8 Å². The Labute approximate surface area is 67.7 Å². The molecule has 0 saturated heterocycles. The highest BCUT2D eigenvalue weighted by Gasteiger charge is 2.10. The molecule has 0 aliphatic rings. The van der Waals surface area contributed by atoms with E-state index in [0.717, 1.165) is 6.42 Å². The van der Waals surface area contributed by atoms with Crippen molar-refractivity contribution in [3.05, 3.63) is 0 Å². The van der Waals surface area contributed by atoms with Gasteiger partial charge >= 0.3 is 5.97 Å². The lowest BCUT2D eigenvalue weighted by molar-refractivity contribution is -0.145. The molecule has 0 amide bonds. The minimum Gasteiger partial charge on any atom is -0.466 e. The van der Waals surface area contributed by atoms with Crippen LogP contribution >= 0.6 is 0 Å². The van der Waals surface area contributed by atoms with E-state index in [1.807, 2.05) is 6.92 Å². The van der Waals surface area contributed by atoms with Gasteiger partial charge in [0, 0.05) is 7.11 Å². The van der Waals surface area contributed by atoms with Crippen molar-refractivity contribution in [3.63, 3.8) is 0 Å². The van der Waals surface area contributed by atoms with Gasteiger partial charge in [0.05, 0.1) is 19.1 Å². The Bertz CT molecular complexity index is 108. The third-order valence-corrected chi connectivity index (χ3v) is 1.49. The minimum absolute atomic E-state index is 0.00838. The Hall–Kier alpha value is -0.570. The molecule has 0 spiro atoms. The molecule has 0 saturated carbocycles. The number of esters is 1. The molecule has 66 valence electrons. The summed E-state index contributed by atoms with van der Waals surface area (Å²) in [6, 6.07) is 0. The second-order valence-electron chi connectivity index (χ2n) is 2.28. The average molecular weight is 160 g/mol. The Balaban J connectivity index is 3.54. The van der Waals surface area contributed by atoms with E-state index in [4.69, 9.17) is 9.47 Å². The van der Waals surface area contributed by atoms with E-state index in [9.17, 15) is 4.79 Å². The number of hydrogen-bond donors (Lipinski definition) is 0. The van der Waals surface area contributed by atoms with Crippen LogP contribution in [0, 0.1) is 0 Å². The van der Waals surface area contributed by atoms with Crippen molar-refractivity contribution in [1.29, 1.82) is 0 Å². The quantitative estimate of drug-likeness (QED) is 0.570. The van der Waals surface area contributed by atoms with Gasteiger partial charge in [0.25, 0.3) is 0 Å². The summed E-state index contributed by atoms with van der Waals surface area (Å²) in [5, 5.41) is 0. The predicted molar refractivity (Wildman–Crippen MR) is 42.3 cm³/mol. The summed E-state index contributed by atoms with van der Waals surface area (Å²) in [6.45, 7) is 4.22. The zero-order valence-electron chi connectivity index (χ0n) is 7.42. The third-order valence-electron chi connectivity index (χ3n) is 1.49. The van der Waals surface area contributed by atoms with E-state index in [2.05, 4.69) is 0 Å². The molecule has 11 heavy (non-hydrogen) atoms. The van der Waals surface area contributed by atoms with E-state index in [1.165, 1.54) is 0 Å². The number of carbonyl (C=O) groups is 1. The number of hydrogen-bond acceptors (Lipinski definition) is 3. The maximum Gasteiger partial charge on any atom is 0.308 e. The molecule has 0 aromatic rings. The summed E-state index contributed by atoms with van der Waals surface area (Å²) < 4.78 is 9.77. The van der Waals surface area contributed by atoms with E-state index in [-0.39, 0.29) is 12.1 Å². The summed E-state index contributed by atoms with van der Waals surface area (Å²) in [5.74, 6) is -0.179. The molecule has 0 bridgehead atoms. The second-order valence-corrected chi connectivity index (χ2v) is 2.28. The van der Waals surface area contributed by atoms with E-state index in [0.29, 0.717) is 13.0 Å². The van der Waals surface area contributed by atoms with Gasteiger partial charge in [-0.1, -0.05) is 6.92 Å². The Kier molecular flexibility index (Phi) is 5.84. The molecule has 0 radical (unpaired) electrons. The lowest BCUT2D eigenvalue weighted by atomic mass is 10.2. The van der Waals surface area contributed by atoms with Crippen LogP contribution in [0.2, 0.25) is 0 Å². The van der Waals surface area contributed by atoms with E-state index < -0.39 is 0 Å². The molecule has 0 aliphatic heterocycles. The fourth-order valence-electron chi connectivity index (χ4n) is 0.800. The SMILES string of the molecule is CCOC(=O)CC(CC)OC. The van der Waals surface area contributed by atoms with Gasteiger partial charge in [0.2, 0.25) is 0 Å². The zero-order valence-corrected chi connectivity index (χ0v) is 7.42. The second kappa shape index (κ2) is 6.16. The smallest absolute Gasteiger partial charge is 0.308 e. The first-order valence-corrected chi connectivity index (χ1v) is 3.93. The Morgan fingerprint density at radius 2 is 2.09 bits per heavy atom. The fourth-order valence-corrected chi connectivity index (χ4v) is 0.800. The molecule has 0 fully saturated rings. The average Bonchev–Trinajstić information content (AvgIpc) is 2.01. The number of methoxy groups -OCH3 is 1. The number of ether oxygens (including phenoxy) is 2. The molecule has 1 unspecified atom stereocenters. The van der Waals surface area contributed by atoms with Crippen molar-refractivity contribution in [3.8, 4) is 0 Å². The fraction of sp³-hybridized carbons (Fsp3) is 0.875. The molecule has 3 nitrogen and oxygen atoms in total. The lowest BCUT2D eigenvalue weighted by Crippen LogP contribution is -2.16. The van der Waals surface area contributed by atoms with Crippen molar-refractivity contribution in [2.75, 3.05) is 13.7 Å². The van der Waals surface area contributed by atoms with Crippen molar-refractivity contribution >= 4 is 5.97 Å². The molecule has 0 aromatic carbocycles. The van der Waals surface area contributed by atoms with Crippen LogP contribution in [-0.2, 0) is 14.3 Å². The summed E-state index contributed by atoms with van der Waals surface area (Å²) in [5.41, 5.74) is 0. The van der Waals surface area contributed by atoms with Crippen molar-refractivity contribution in [2.45, 2.75) is 32.8 Å². The first-order valence-electron chi connectivity index (χ1n) is 3.93. The molecular weight excluding hydrogens is 144 g/mol. The molecule has 0 N–H and O–H groups in total. The summed E-state index contributed by atoms with van der Waals surface area (Å²) >= 11 is 0. The van der Waals surface area contributed by atoms with Gasteiger partial charge in [-0.2, -0.15) is 0 Å². The molecule has 1 atom stereocenters. The van der Waals surface area contributed by atoms with Crippen molar-refractivity contribution in [1.82, 2.24) is 0 Å². The molecule has 3 heteroatoms. The van der Waals surface area contributed by atoms with Crippen LogP contribution in [0.1, 0.15) is 26.7 Å². The van der Waals surface area contributed by atoms with Gasteiger partial charge in [-0.15, -0.1) is 0 Å². The minimum atomic E-state index is -0.179. The van der Waals surface area contributed by atoms with Gasteiger partial charge in [-0.05, 0) is 13.3 Å². The Morgan fingerprint density at radius 1 is 1.45 bits per heavy atom. The summed E-state index contributed by atoms with van der Waals surface area (Å²) in [7, 11) is 1.60. The van der Waals surface area contributed by atoms with Crippen LogP contribution in [0.25, 0.3) is 0 Å². The summed E-state index contributed by atoms with van der Waals surface area (Å²) in [4.78, 5) is 10.9. The topological polar surface area (TPSA) is 35.5 Å². The van der Waals surface area contributed by atoms with Crippen molar-refractivity contribution in [2.24, 2.45) is 0 Å². The first-order chi connectivity index (χ1) is 5.24. The first kappa shape index (κ1) is 10.4. The zero-order chi connectivity index (χ0) is 8.69. The monoisotopic (exact) mass is 160 g/mol. The van der Waals surface area contributed by atoms with Gasteiger partial charge in [-0.3, -0.25) is 4.79 Å². The molecular formula is C8H16O3. The maximum atomic E-state index is 10.9. The third kappa shape index (κ3) is 4.79. The van der Waals surface area contributed by atoms with Crippen LogP contribution in [0.4, 0.5) is 0 Å². The molecule has 0 aliphatic carbocycles. The van der Waals surface area contributed by atoms with Gasteiger partial charge < -0.3 is 9.47 Å². The van der Waals surface area contributed by atoms with Gasteiger partial charge in [0.1, 0.15) is 0 Å². The lowest BCUT2D eigenvalue weighted by Gasteiger charge is -2.10. The van der Waals surface area contributed by atoms with E-state index in [1.54, 1.807) is 14.0 Å². The van der Waals surface area contributed by atoms with Gasteiger partial charge in [0.15, 0.2) is 0 Å². The van der Waals surface area contributed by atoms with Crippen LogP contribution in [0.3, 0.4) is 0 Å². The number of carbonyl (C=O) groups excluding carboxylic acids is 1. The van der Waals surface area contributed by atoms with Crippen molar-refractivity contribution < 1.29 is 14.3 Å². The molecule has 0 heterocycles. The Morgan fingerprint density at radius 3 is 2.45 bits per heavy atom. The van der Waals surface area contributed by atoms with Crippen LogP contribution in [0.5, 0.6) is 0 Å². The number of rotatable bonds is 5. The molecule has 0 rings (SSSR count). The highest BCUT2D eigenvalue weighted by molar-refractivity contribution is 5.69. The van der Waals surface area contributed by atoms with Gasteiger partial charge in [-0.25, -0.2) is 0 Å². The van der Waals surface area contributed by atoms with Crippen LogP contribution in [0.15, 0.2) is 0 Å². The standard InChI is InChI=1S/C8H16O3/c1-4-7(10-3)6-8(9)11-5-2/h7H,4-6H2,1-3H3. The largest absolute Gasteiger partial charge is 0.466 e. The predicted octanol–water partition coefficient (Wildman–Crippen LogP) is 1.36. The normalized spacial score (nSPS) is 12.6. The summed E-state index contributed by atoms with van der Waals surface area (Å²) in [6.07, 6.45) is 1.21. The van der Waals surface area contributed by atoms with Crippen LogP contribution < -0.4 is 0 Å². The van der Waals surface area contributed by atoms with E-state index >= 15 is 0 Å². The highest BCUT2D eigenvalue weighted by atomic mass is 16.5. The molecule has 0 aromatic heterocycles. The maximum absolute atomic E-state index is 10.9. The highest BCUT2D eigenvalue weighted by Crippen LogP contribution is 2.02.